The van der Waals surface area contributed by atoms with Gasteiger partial charge in [0.25, 0.3) is 11.8 Å². The van der Waals surface area contributed by atoms with E-state index in [-0.39, 0.29) is 29.9 Å². The maximum absolute atomic E-state index is 13.3. The van der Waals surface area contributed by atoms with Gasteiger partial charge in [-0.1, -0.05) is 30.3 Å². The van der Waals surface area contributed by atoms with Crippen LogP contribution in [-0.4, -0.2) is 89.2 Å². The molecule has 11 nitrogen and oxygen atoms in total. The zero-order valence-electron chi connectivity index (χ0n) is 21.2. The first-order valence-corrected chi connectivity index (χ1v) is 12.7. The van der Waals surface area contributed by atoms with Crippen LogP contribution in [0, 0.1) is 0 Å². The number of aliphatic hydroxyl groups excluding tert-OH is 1. The third-order valence-corrected chi connectivity index (χ3v) is 7.07. The van der Waals surface area contributed by atoms with Crippen LogP contribution in [0.15, 0.2) is 48.7 Å². The molecule has 0 atom stereocenters. The van der Waals surface area contributed by atoms with Crippen LogP contribution in [0.3, 0.4) is 0 Å². The summed E-state index contributed by atoms with van der Waals surface area (Å²) in [6, 6.07) is 12.5. The number of hydrogen-bond donors (Lipinski definition) is 3. The summed E-state index contributed by atoms with van der Waals surface area (Å²) in [7, 11) is 2.06. The molecule has 1 saturated heterocycles. The number of aromatic nitrogens is 3. The molecule has 2 amide bonds. The second-order valence-electron chi connectivity index (χ2n) is 9.50. The van der Waals surface area contributed by atoms with E-state index in [2.05, 4.69) is 27.1 Å². The van der Waals surface area contributed by atoms with Crippen molar-refractivity contribution in [2.75, 3.05) is 51.3 Å². The molecule has 198 valence electrons. The highest BCUT2D eigenvalue weighted by Crippen LogP contribution is 2.37. The van der Waals surface area contributed by atoms with Gasteiger partial charge in [0, 0.05) is 48.7 Å². The maximum Gasteiger partial charge on any atom is 0.340 e. The van der Waals surface area contributed by atoms with Gasteiger partial charge in [-0.15, -0.1) is 0 Å². The molecule has 2 aliphatic rings. The van der Waals surface area contributed by atoms with Crippen LogP contribution in [-0.2, 0) is 14.3 Å². The van der Waals surface area contributed by atoms with E-state index < -0.39 is 17.8 Å². The number of nitrogens with one attached hydrogen (secondary N) is 2. The third kappa shape index (κ3) is 4.31. The molecule has 0 aliphatic carbocycles. The highest BCUT2D eigenvalue weighted by molar-refractivity contribution is 6.50. The fourth-order valence-electron chi connectivity index (χ4n) is 5.09. The Kier molecular flexibility index (Phi) is 6.29. The number of para-hydroxylation sites is 2. The number of aliphatic hydroxyl groups is 1. The minimum absolute atomic E-state index is 0.134. The number of fused-ring (bicyclic) bond motifs is 2. The van der Waals surface area contributed by atoms with Crippen molar-refractivity contribution in [1.29, 1.82) is 0 Å². The van der Waals surface area contributed by atoms with Gasteiger partial charge in [0.15, 0.2) is 0 Å². The SMILES string of the molecule is CN1CCN(c2nc(C3=C(c4c[nH]c5c(C(=O)OCCO)cccc45)C(=O)NC3=O)c3ccccc3n2)CC1. The Bertz CT molecular complexity index is 1670. The minimum Gasteiger partial charge on any atom is -0.460 e. The number of esters is 1. The molecule has 4 aromatic rings. The summed E-state index contributed by atoms with van der Waals surface area (Å²) in [6.07, 6.45) is 1.60. The van der Waals surface area contributed by atoms with Crippen LogP contribution >= 0.6 is 0 Å². The summed E-state index contributed by atoms with van der Waals surface area (Å²) in [5, 5.41) is 12.7. The van der Waals surface area contributed by atoms with E-state index in [1.807, 2.05) is 24.3 Å². The van der Waals surface area contributed by atoms with Crippen molar-refractivity contribution in [3.05, 3.63) is 65.5 Å². The van der Waals surface area contributed by atoms with E-state index in [4.69, 9.17) is 19.8 Å². The predicted octanol–water partition coefficient (Wildman–Crippen LogP) is 1.58. The molecule has 4 heterocycles. The number of aromatic amines is 1. The summed E-state index contributed by atoms with van der Waals surface area (Å²) >= 11 is 0. The zero-order chi connectivity index (χ0) is 27.1. The van der Waals surface area contributed by atoms with E-state index in [0.717, 1.165) is 26.2 Å². The minimum atomic E-state index is -0.609. The van der Waals surface area contributed by atoms with Gasteiger partial charge < -0.3 is 24.6 Å². The van der Waals surface area contributed by atoms with Crippen molar-refractivity contribution in [2.24, 2.45) is 0 Å². The van der Waals surface area contributed by atoms with E-state index in [9.17, 15) is 14.4 Å². The molecule has 6 rings (SSSR count). The Morgan fingerprint density at radius 1 is 0.974 bits per heavy atom. The van der Waals surface area contributed by atoms with Gasteiger partial charge in [0.1, 0.15) is 6.61 Å². The van der Waals surface area contributed by atoms with E-state index in [1.165, 1.54) is 0 Å². The van der Waals surface area contributed by atoms with Crippen LogP contribution in [0.4, 0.5) is 5.95 Å². The lowest BCUT2D eigenvalue weighted by molar-refractivity contribution is -0.122. The zero-order valence-corrected chi connectivity index (χ0v) is 21.2. The highest BCUT2D eigenvalue weighted by atomic mass is 16.5. The molecule has 2 aromatic heterocycles. The van der Waals surface area contributed by atoms with Crippen molar-refractivity contribution in [3.8, 4) is 0 Å². The standard InChI is InChI=1S/C28H26N6O5/c1-33-9-11-34(12-10-33)28-30-20-8-3-2-5-17(20)24(31-28)22-21(25(36)32-26(22)37)19-15-29-23-16(19)6-4-7-18(23)27(38)39-14-13-35/h2-8,15,29,35H,9-14H2,1H3,(H,32,36,37). The number of amides is 2. The fourth-order valence-corrected chi connectivity index (χ4v) is 5.09. The average Bonchev–Trinajstić information content (AvgIpc) is 3.50. The molecule has 39 heavy (non-hydrogen) atoms. The first-order valence-electron chi connectivity index (χ1n) is 12.7. The van der Waals surface area contributed by atoms with Crippen molar-refractivity contribution >= 4 is 56.7 Å². The molecular formula is C28H26N6O5. The van der Waals surface area contributed by atoms with Crippen molar-refractivity contribution < 1.29 is 24.2 Å². The number of hydrogen-bond acceptors (Lipinski definition) is 9. The van der Waals surface area contributed by atoms with Crippen LogP contribution < -0.4 is 10.2 Å². The number of ether oxygens (including phenoxy) is 1. The number of H-pyrrole nitrogens is 1. The number of rotatable bonds is 6. The fraction of sp³-hybridized carbons (Fsp3) is 0.250. The quantitative estimate of drug-likeness (QED) is 0.252. The first-order chi connectivity index (χ1) is 19.0. The molecule has 0 radical (unpaired) electrons. The van der Waals surface area contributed by atoms with Gasteiger partial charge >= 0.3 is 5.97 Å². The number of anilines is 1. The number of likely N-dealkylation sites (N-methyl/N-ethyl adjacent to an activating group) is 1. The van der Waals surface area contributed by atoms with Crippen LogP contribution in [0.2, 0.25) is 0 Å². The smallest absolute Gasteiger partial charge is 0.340 e. The number of benzene rings is 2. The van der Waals surface area contributed by atoms with Gasteiger partial charge in [0.05, 0.1) is 40.0 Å². The summed E-state index contributed by atoms with van der Waals surface area (Å²) in [4.78, 5) is 56.2. The van der Waals surface area contributed by atoms with E-state index in [1.54, 1.807) is 24.4 Å². The molecule has 1 fully saturated rings. The number of carbonyl (C=O) groups is 3. The van der Waals surface area contributed by atoms with Crippen molar-refractivity contribution in [3.63, 3.8) is 0 Å². The van der Waals surface area contributed by atoms with Crippen LogP contribution in [0.25, 0.3) is 33.0 Å². The topological polar surface area (TPSA) is 141 Å². The molecule has 0 saturated carbocycles. The lowest BCUT2D eigenvalue weighted by Crippen LogP contribution is -2.45. The predicted molar refractivity (Wildman–Crippen MR) is 145 cm³/mol. The second-order valence-corrected chi connectivity index (χ2v) is 9.50. The van der Waals surface area contributed by atoms with Gasteiger partial charge in [0.2, 0.25) is 5.95 Å². The van der Waals surface area contributed by atoms with Crippen LogP contribution in [0.5, 0.6) is 0 Å². The largest absolute Gasteiger partial charge is 0.460 e. The first kappa shape index (κ1) is 24.7. The molecule has 2 aliphatic heterocycles. The molecule has 2 aromatic carbocycles. The highest BCUT2D eigenvalue weighted by Gasteiger charge is 2.36. The summed E-state index contributed by atoms with van der Waals surface area (Å²) < 4.78 is 5.10. The van der Waals surface area contributed by atoms with Gasteiger partial charge in [-0.2, -0.15) is 0 Å². The van der Waals surface area contributed by atoms with E-state index in [0.29, 0.717) is 39.0 Å². The summed E-state index contributed by atoms with van der Waals surface area (Å²) in [6.45, 7) is 2.77. The second kappa shape index (κ2) is 9.93. The molecule has 3 N–H and O–H groups in total. The average molecular weight is 527 g/mol. The molecule has 0 spiro atoms. The van der Waals surface area contributed by atoms with E-state index >= 15 is 0 Å². The number of piperazine rings is 1. The molecule has 0 bridgehead atoms. The third-order valence-electron chi connectivity index (χ3n) is 7.07. The summed E-state index contributed by atoms with van der Waals surface area (Å²) in [5.41, 5.74) is 2.54. The van der Waals surface area contributed by atoms with Gasteiger partial charge in [-0.3, -0.25) is 14.9 Å². The number of imide groups is 1. The Balaban J connectivity index is 1.54. The molecule has 0 unspecified atom stereocenters. The maximum atomic E-state index is 13.3. The Morgan fingerprint density at radius 3 is 2.51 bits per heavy atom. The Hall–Kier alpha value is -4.61. The Labute approximate surface area is 223 Å². The number of nitrogens with zero attached hydrogens (tertiary/aromatic N) is 4. The molecular weight excluding hydrogens is 500 g/mol. The Morgan fingerprint density at radius 2 is 1.72 bits per heavy atom. The summed E-state index contributed by atoms with van der Waals surface area (Å²) in [5.74, 6) is -1.20. The lowest BCUT2D eigenvalue weighted by atomic mass is 9.96. The van der Waals surface area contributed by atoms with Crippen molar-refractivity contribution in [1.82, 2.24) is 25.2 Å². The van der Waals surface area contributed by atoms with Gasteiger partial charge in [-0.05, 0) is 19.2 Å². The molecule has 11 heteroatoms. The van der Waals surface area contributed by atoms with Crippen molar-refractivity contribution in [2.45, 2.75) is 0 Å². The van der Waals surface area contributed by atoms with Gasteiger partial charge in [-0.25, -0.2) is 14.8 Å². The normalized spacial score (nSPS) is 16.4. The monoisotopic (exact) mass is 526 g/mol. The number of carbonyl (C=O) groups excluding carboxylic acids is 3. The van der Waals surface area contributed by atoms with Crippen LogP contribution in [0.1, 0.15) is 21.6 Å². The lowest BCUT2D eigenvalue weighted by Gasteiger charge is -2.32.